The highest BCUT2D eigenvalue weighted by atomic mass is 15.1. The Morgan fingerprint density at radius 1 is 1.28 bits per heavy atom. The van der Waals surface area contributed by atoms with E-state index in [1.54, 1.807) is 0 Å². The zero-order valence-electron chi connectivity index (χ0n) is 11.6. The lowest BCUT2D eigenvalue weighted by Crippen LogP contribution is -2.37. The minimum atomic E-state index is 0.143. The average molecular weight is 245 g/mol. The van der Waals surface area contributed by atoms with Gasteiger partial charge in [-0.15, -0.1) is 0 Å². The van der Waals surface area contributed by atoms with E-state index in [9.17, 15) is 0 Å². The third-order valence-corrected chi connectivity index (χ3v) is 3.97. The molecule has 0 saturated carbocycles. The number of aryl methyl sites for hydroxylation is 1. The summed E-state index contributed by atoms with van der Waals surface area (Å²) < 4.78 is 0. The number of amidine groups is 1. The molecule has 0 atom stereocenters. The normalized spacial score (nSPS) is 18.7. The predicted octanol–water partition coefficient (Wildman–Crippen LogP) is 2.91. The van der Waals surface area contributed by atoms with Crippen molar-refractivity contribution in [2.24, 2.45) is 11.1 Å². The molecule has 1 aliphatic heterocycles. The van der Waals surface area contributed by atoms with Crippen molar-refractivity contribution in [2.45, 2.75) is 33.6 Å². The first-order valence-corrected chi connectivity index (χ1v) is 6.59. The first-order chi connectivity index (χ1) is 8.39. The summed E-state index contributed by atoms with van der Waals surface area (Å²) in [4.78, 5) is 2.45. The molecule has 0 unspecified atom stereocenters. The fraction of sp³-hybridized carbons (Fsp3) is 0.533. The fourth-order valence-electron chi connectivity index (χ4n) is 2.53. The summed E-state index contributed by atoms with van der Waals surface area (Å²) in [6, 6.07) is 6.06. The molecule has 1 heterocycles. The number of hydrogen-bond acceptors (Lipinski definition) is 2. The van der Waals surface area contributed by atoms with Gasteiger partial charge in [-0.25, -0.2) is 0 Å². The number of nitrogens with one attached hydrogen (secondary N) is 1. The molecular weight excluding hydrogens is 222 g/mol. The third kappa shape index (κ3) is 2.66. The topological polar surface area (TPSA) is 53.1 Å². The minimum absolute atomic E-state index is 0.143. The molecule has 1 aromatic rings. The van der Waals surface area contributed by atoms with Crippen LogP contribution in [0.1, 0.15) is 37.8 Å². The van der Waals surface area contributed by atoms with Crippen LogP contribution in [-0.2, 0) is 0 Å². The van der Waals surface area contributed by atoms with Gasteiger partial charge in [-0.1, -0.05) is 13.8 Å². The Labute approximate surface area is 109 Å². The van der Waals surface area contributed by atoms with Crippen molar-refractivity contribution in [1.82, 2.24) is 0 Å². The van der Waals surface area contributed by atoms with Crippen molar-refractivity contribution >= 4 is 11.5 Å². The summed E-state index contributed by atoms with van der Waals surface area (Å²) in [6.45, 7) is 9.02. The lowest BCUT2D eigenvalue weighted by atomic mass is 9.82. The quantitative estimate of drug-likeness (QED) is 0.622. The highest BCUT2D eigenvalue weighted by molar-refractivity contribution is 5.95. The molecule has 3 N–H and O–H groups in total. The largest absolute Gasteiger partial charge is 0.384 e. The van der Waals surface area contributed by atoms with Gasteiger partial charge < -0.3 is 10.6 Å². The van der Waals surface area contributed by atoms with Crippen LogP contribution in [0.3, 0.4) is 0 Å². The number of anilines is 1. The Morgan fingerprint density at radius 3 is 2.39 bits per heavy atom. The second-order valence-electron chi connectivity index (χ2n) is 6.07. The van der Waals surface area contributed by atoms with Gasteiger partial charge in [0, 0.05) is 24.3 Å². The Kier molecular flexibility index (Phi) is 3.33. The van der Waals surface area contributed by atoms with Gasteiger partial charge >= 0.3 is 0 Å². The zero-order valence-corrected chi connectivity index (χ0v) is 11.6. The van der Waals surface area contributed by atoms with Crippen LogP contribution < -0.4 is 10.6 Å². The van der Waals surface area contributed by atoms with Gasteiger partial charge in [0.15, 0.2) is 0 Å². The maximum absolute atomic E-state index is 7.46. The van der Waals surface area contributed by atoms with Crippen molar-refractivity contribution in [3.8, 4) is 0 Å². The molecule has 3 nitrogen and oxygen atoms in total. The molecule has 1 fully saturated rings. The first-order valence-electron chi connectivity index (χ1n) is 6.59. The van der Waals surface area contributed by atoms with E-state index in [1.807, 2.05) is 12.1 Å². The van der Waals surface area contributed by atoms with Gasteiger partial charge in [-0.2, -0.15) is 0 Å². The third-order valence-electron chi connectivity index (χ3n) is 3.97. The van der Waals surface area contributed by atoms with Crippen LogP contribution >= 0.6 is 0 Å². The van der Waals surface area contributed by atoms with E-state index in [-0.39, 0.29) is 5.84 Å². The van der Waals surface area contributed by atoms with Crippen LogP contribution in [0.5, 0.6) is 0 Å². The molecule has 0 amide bonds. The molecule has 98 valence electrons. The fourth-order valence-corrected chi connectivity index (χ4v) is 2.53. The molecule has 18 heavy (non-hydrogen) atoms. The van der Waals surface area contributed by atoms with E-state index in [0.29, 0.717) is 5.41 Å². The molecule has 0 aromatic heterocycles. The van der Waals surface area contributed by atoms with Crippen LogP contribution in [-0.4, -0.2) is 18.9 Å². The molecule has 0 spiro atoms. The van der Waals surface area contributed by atoms with Crippen LogP contribution in [0, 0.1) is 17.7 Å². The highest BCUT2D eigenvalue weighted by Gasteiger charge is 2.25. The van der Waals surface area contributed by atoms with Crippen LogP contribution in [0.25, 0.3) is 0 Å². The number of benzene rings is 1. The molecule has 1 aromatic carbocycles. The Morgan fingerprint density at radius 2 is 1.89 bits per heavy atom. The van der Waals surface area contributed by atoms with Gasteiger partial charge in [-0.3, -0.25) is 5.41 Å². The summed E-state index contributed by atoms with van der Waals surface area (Å²) in [5.74, 6) is 0.143. The summed E-state index contributed by atoms with van der Waals surface area (Å²) in [7, 11) is 0. The van der Waals surface area contributed by atoms with E-state index in [1.165, 1.54) is 24.1 Å². The van der Waals surface area contributed by atoms with Crippen molar-refractivity contribution in [1.29, 1.82) is 5.41 Å². The molecule has 3 heteroatoms. The zero-order chi connectivity index (χ0) is 13.3. The number of rotatable bonds is 2. The molecule has 2 rings (SSSR count). The lowest BCUT2D eigenvalue weighted by molar-refractivity contribution is 0.279. The van der Waals surface area contributed by atoms with Crippen molar-refractivity contribution < 1.29 is 0 Å². The SMILES string of the molecule is Cc1cc(C(=N)N)ccc1N1CCC(C)(C)CC1. The summed E-state index contributed by atoms with van der Waals surface area (Å²) in [5.41, 5.74) is 9.30. The van der Waals surface area contributed by atoms with E-state index in [0.717, 1.165) is 18.7 Å². The van der Waals surface area contributed by atoms with Crippen molar-refractivity contribution in [3.63, 3.8) is 0 Å². The average Bonchev–Trinajstić information content (AvgIpc) is 2.29. The number of nitrogens with zero attached hydrogens (tertiary/aromatic N) is 1. The molecule has 0 radical (unpaired) electrons. The van der Waals surface area contributed by atoms with Crippen LogP contribution in [0.2, 0.25) is 0 Å². The van der Waals surface area contributed by atoms with Gasteiger partial charge in [0.2, 0.25) is 0 Å². The smallest absolute Gasteiger partial charge is 0.122 e. The number of hydrogen-bond donors (Lipinski definition) is 2. The Bertz CT molecular complexity index is 453. The number of piperidine rings is 1. The summed E-state index contributed by atoms with van der Waals surface area (Å²) >= 11 is 0. The predicted molar refractivity (Wildman–Crippen MR) is 77.4 cm³/mol. The Hall–Kier alpha value is -1.51. The highest BCUT2D eigenvalue weighted by Crippen LogP contribution is 2.33. The van der Waals surface area contributed by atoms with Gasteiger partial charge in [0.25, 0.3) is 0 Å². The van der Waals surface area contributed by atoms with Gasteiger partial charge in [0.05, 0.1) is 0 Å². The monoisotopic (exact) mass is 245 g/mol. The van der Waals surface area contributed by atoms with E-state index < -0.39 is 0 Å². The second kappa shape index (κ2) is 4.63. The van der Waals surface area contributed by atoms with Crippen molar-refractivity contribution in [2.75, 3.05) is 18.0 Å². The molecule has 0 bridgehead atoms. The van der Waals surface area contributed by atoms with E-state index in [2.05, 4.69) is 31.7 Å². The van der Waals surface area contributed by atoms with Gasteiger partial charge in [0.1, 0.15) is 5.84 Å². The first kappa shape index (κ1) is 12.9. The standard InChI is InChI=1S/C15H23N3/c1-11-10-12(14(16)17)4-5-13(11)18-8-6-15(2,3)7-9-18/h4-5,10H,6-9H2,1-3H3,(H3,16,17). The molecule has 1 aliphatic rings. The van der Waals surface area contributed by atoms with E-state index >= 15 is 0 Å². The maximum atomic E-state index is 7.46. The number of nitrogens with two attached hydrogens (primary N) is 1. The van der Waals surface area contributed by atoms with Gasteiger partial charge in [-0.05, 0) is 48.9 Å². The number of nitrogen functional groups attached to an aromatic ring is 1. The second-order valence-corrected chi connectivity index (χ2v) is 6.07. The lowest BCUT2D eigenvalue weighted by Gasteiger charge is -2.38. The molecule has 1 saturated heterocycles. The minimum Gasteiger partial charge on any atom is -0.384 e. The van der Waals surface area contributed by atoms with Crippen molar-refractivity contribution in [3.05, 3.63) is 29.3 Å². The Balaban J connectivity index is 2.17. The molecule has 0 aliphatic carbocycles. The molecular formula is C15H23N3. The summed E-state index contributed by atoms with van der Waals surface area (Å²) in [5, 5.41) is 7.46. The maximum Gasteiger partial charge on any atom is 0.122 e. The van der Waals surface area contributed by atoms with Crippen LogP contribution in [0.4, 0.5) is 5.69 Å². The summed E-state index contributed by atoms with van der Waals surface area (Å²) in [6.07, 6.45) is 2.47. The van der Waals surface area contributed by atoms with E-state index in [4.69, 9.17) is 11.1 Å². The van der Waals surface area contributed by atoms with Crippen LogP contribution in [0.15, 0.2) is 18.2 Å².